The second-order valence-corrected chi connectivity index (χ2v) is 6.51. The minimum absolute atomic E-state index is 0.330. The molecule has 0 heterocycles. The number of methoxy groups -OCH3 is 1. The van der Waals surface area contributed by atoms with Gasteiger partial charge >= 0.3 is 0 Å². The molecule has 0 saturated heterocycles. The molecule has 0 aliphatic rings. The number of rotatable bonds is 6. The third-order valence-corrected chi connectivity index (χ3v) is 4.86. The summed E-state index contributed by atoms with van der Waals surface area (Å²) >= 11 is 0. The monoisotopic (exact) mass is 292 g/mol. The fourth-order valence-corrected chi connectivity index (χ4v) is 3.74. The second-order valence-electron chi connectivity index (χ2n) is 4.05. The van der Waals surface area contributed by atoms with Crippen molar-refractivity contribution in [2.24, 2.45) is 0 Å². The lowest BCUT2D eigenvalue weighted by molar-refractivity contribution is 0.414. The third-order valence-electron chi connectivity index (χ3n) is 2.58. The van der Waals surface area contributed by atoms with E-state index in [2.05, 4.69) is 12.1 Å². The van der Waals surface area contributed by atoms with Crippen molar-refractivity contribution in [2.45, 2.75) is 11.5 Å². The molecule has 0 aliphatic heterocycles. The largest absolute Gasteiger partial charge is 0.508 e. The number of phenolic OH excluding ortho intramolecular Hbond substituents is 1. The molecular weight excluding hydrogens is 276 g/mol. The van der Waals surface area contributed by atoms with Crippen LogP contribution in [-0.2, 0) is 11.5 Å². The Morgan fingerprint density at radius 3 is 2.21 bits per heavy atom. The first-order chi connectivity index (χ1) is 9.28. The van der Waals surface area contributed by atoms with Gasteiger partial charge in [-0.3, -0.25) is 0 Å². The first kappa shape index (κ1) is 14.2. The molecular formula is C15H16O2S2. The molecule has 0 atom stereocenters. The van der Waals surface area contributed by atoms with Gasteiger partial charge in [0.1, 0.15) is 11.5 Å². The van der Waals surface area contributed by atoms with E-state index in [1.807, 2.05) is 24.3 Å². The van der Waals surface area contributed by atoms with Gasteiger partial charge in [0.2, 0.25) is 0 Å². The quantitative estimate of drug-likeness (QED) is 0.628. The molecule has 0 unspecified atom stereocenters. The standard InChI is InChI=1S/C15H16O2S2/c1-17-15-7-3-5-13(9-15)11-19-18-10-12-4-2-6-14(16)8-12/h2-9,16H,10-11H2,1H3. The highest BCUT2D eigenvalue weighted by Crippen LogP contribution is 2.30. The maximum Gasteiger partial charge on any atom is 0.119 e. The van der Waals surface area contributed by atoms with E-state index in [0.29, 0.717) is 5.75 Å². The van der Waals surface area contributed by atoms with E-state index in [-0.39, 0.29) is 0 Å². The summed E-state index contributed by atoms with van der Waals surface area (Å²) in [5.41, 5.74) is 2.40. The van der Waals surface area contributed by atoms with Gasteiger partial charge in [0.05, 0.1) is 7.11 Å². The normalized spacial score (nSPS) is 10.4. The van der Waals surface area contributed by atoms with Crippen molar-refractivity contribution in [3.05, 3.63) is 59.7 Å². The van der Waals surface area contributed by atoms with Crippen molar-refractivity contribution in [1.29, 1.82) is 0 Å². The zero-order chi connectivity index (χ0) is 13.5. The van der Waals surface area contributed by atoms with Crippen LogP contribution in [0.2, 0.25) is 0 Å². The van der Waals surface area contributed by atoms with E-state index in [9.17, 15) is 5.11 Å². The Labute approximate surface area is 121 Å². The number of hydrogen-bond acceptors (Lipinski definition) is 4. The van der Waals surface area contributed by atoms with Crippen molar-refractivity contribution in [1.82, 2.24) is 0 Å². The summed E-state index contributed by atoms with van der Waals surface area (Å²) in [6, 6.07) is 15.5. The number of ether oxygens (including phenoxy) is 1. The van der Waals surface area contributed by atoms with Crippen LogP contribution in [0.25, 0.3) is 0 Å². The topological polar surface area (TPSA) is 29.5 Å². The van der Waals surface area contributed by atoms with Gasteiger partial charge in [-0.2, -0.15) is 0 Å². The summed E-state index contributed by atoms with van der Waals surface area (Å²) in [6.45, 7) is 0. The van der Waals surface area contributed by atoms with E-state index in [1.54, 1.807) is 40.8 Å². The molecule has 0 bridgehead atoms. The van der Waals surface area contributed by atoms with Crippen LogP contribution >= 0.6 is 21.6 Å². The van der Waals surface area contributed by atoms with Gasteiger partial charge in [-0.15, -0.1) is 0 Å². The Morgan fingerprint density at radius 1 is 0.947 bits per heavy atom. The molecule has 2 rings (SSSR count). The van der Waals surface area contributed by atoms with Crippen molar-refractivity contribution in [3.8, 4) is 11.5 Å². The summed E-state index contributed by atoms with van der Waals surface area (Å²) in [5.74, 6) is 3.07. The van der Waals surface area contributed by atoms with Crippen LogP contribution in [0.3, 0.4) is 0 Å². The Morgan fingerprint density at radius 2 is 1.58 bits per heavy atom. The molecule has 0 aromatic heterocycles. The lowest BCUT2D eigenvalue weighted by Gasteiger charge is -2.04. The van der Waals surface area contributed by atoms with Gasteiger partial charge in [-0.1, -0.05) is 45.9 Å². The fraction of sp³-hybridized carbons (Fsp3) is 0.200. The van der Waals surface area contributed by atoms with Crippen molar-refractivity contribution in [3.63, 3.8) is 0 Å². The van der Waals surface area contributed by atoms with Gasteiger partial charge in [0.25, 0.3) is 0 Å². The Kier molecular flexibility index (Phi) is 5.48. The van der Waals surface area contributed by atoms with Crippen LogP contribution in [0.5, 0.6) is 11.5 Å². The number of aromatic hydroxyl groups is 1. The van der Waals surface area contributed by atoms with Crippen LogP contribution in [-0.4, -0.2) is 12.2 Å². The van der Waals surface area contributed by atoms with Crippen LogP contribution in [0.1, 0.15) is 11.1 Å². The van der Waals surface area contributed by atoms with Gasteiger partial charge in [0, 0.05) is 11.5 Å². The fourth-order valence-electron chi connectivity index (χ4n) is 1.63. The SMILES string of the molecule is COc1cccc(CSSCc2cccc(O)c2)c1. The second kappa shape index (κ2) is 7.36. The molecule has 19 heavy (non-hydrogen) atoms. The first-order valence-electron chi connectivity index (χ1n) is 5.93. The van der Waals surface area contributed by atoms with E-state index in [0.717, 1.165) is 22.8 Å². The van der Waals surface area contributed by atoms with Crippen LogP contribution in [0, 0.1) is 0 Å². The maximum absolute atomic E-state index is 9.38. The minimum Gasteiger partial charge on any atom is -0.508 e. The molecule has 1 N–H and O–H groups in total. The van der Waals surface area contributed by atoms with E-state index < -0.39 is 0 Å². The Bertz CT molecular complexity index is 529. The van der Waals surface area contributed by atoms with Gasteiger partial charge in [-0.25, -0.2) is 0 Å². The molecule has 0 amide bonds. The van der Waals surface area contributed by atoms with Gasteiger partial charge < -0.3 is 9.84 Å². The third kappa shape index (κ3) is 4.73. The zero-order valence-electron chi connectivity index (χ0n) is 10.7. The highest BCUT2D eigenvalue weighted by atomic mass is 33.1. The molecule has 4 heteroatoms. The smallest absolute Gasteiger partial charge is 0.119 e. The molecule has 0 fully saturated rings. The van der Waals surface area contributed by atoms with Crippen molar-refractivity contribution < 1.29 is 9.84 Å². The highest BCUT2D eigenvalue weighted by Gasteiger charge is 1.99. The maximum atomic E-state index is 9.38. The van der Waals surface area contributed by atoms with Crippen molar-refractivity contribution in [2.75, 3.05) is 7.11 Å². The lowest BCUT2D eigenvalue weighted by Crippen LogP contribution is -1.84. The summed E-state index contributed by atoms with van der Waals surface area (Å²) in [4.78, 5) is 0. The molecule has 2 aromatic carbocycles. The predicted octanol–water partition coefficient (Wildman–Crippen LogP) is 4.48. The first-order valence-corrected chi connectivity index (χ1v) is 8.42. The molecule has 100 valence electrons. The molecule has 2 nitrogen and oxygen atoms in total. The average molecular weight is 292 g/mol. The van der Waals surface area contributed by atoms with Gasteiger partial charge in [0.15, 0.2) is 0 Å². The minimum atomic E-state index is 0.330. The van der Waals surface area contributed by atoms with Gasteiger partial charge in [-0.05, 0) is 35.4 Å². The zero-order valence-corrected chi connectivity index (χ0v) is 12.3. The summed E-state index contributed by atoms with van der Waals surface area (Å²) in [7, 11) is 5.28. The van der Waals surface area contributed by atoms with E-state index in [1.165, 1.54) is 5.56 Å². The lowest BCUT2D eigenvalue weighted by atomic mass is 10.2. The summed E-state index contributed by atoms with van der Waals surface area (Å²) < 4.78 is 5.20. The van der Waals surface area contributed by atoms with Crippen LogP contribution in [0.15, 0.2) is 48.5 Å². The summed E-state index contributed by atoms with van der Waals surface area (Å²) in [5, 5.41) is 9.38. The molecule has 0 radical (unpaired) electrons. The molecule has 0 spiro atoms. The molecule has 2 aromatic rings. The molecule has 0 aliphatic carbocycles. The van der Waals surface area contributed by atoms with Crippen LogP contribution in [0.4, 0.5) is 0 Å². The Hall–Kier alpha value is -1.26. The summed E-state index contributed by atoms with van der Waals surface area (Å²) in [6.07, 6.45) is 0. The van der Waals surface area contributed by atoms with Crippen molar-refractivity contribution >= 4 is 21.6 Å². The number of hydrogen-bond donors (Lipinski definition) is 1. The Balaban J connectivity index is 1.77. The predicted molar refractivity (Wildman–Crippen MR) is 83.7 cm³/mol. The number of benzene rings is 2. The van der Waals surface area contributed by atoms with E-state index in [4.69, 9.17) is 4.74 Å². The van der Waals surface area contributed by atoms with E-state index >= 15 is 0 Å². The molecule has 0 saturated carbocycles. The van der Waals surface area contributed by atoms with Crippen LogP contribution < -0.4 is 4.74 Å². The highest BCUT2D eigenvalue weighted by molar-refractivity contribution is 8.76. The number of phenols is 1. The average Bonchev–Trinajstić information content (AvgIpc) is 2.44.